The molecule has 1 aromatic carbocycles. The van der Waals surface area contributed by atoms with Gasteiger partial charge in [0, 0.05) is 17.8 Å². The van der Waals surface area contributed by atoms with Gasteiger partial charge >= 0.3 is 0 Å². The summed E-state index contributed by atoms with van der Waals surface area (Å²) >= 11 is 17.5. The second-order valence-electron chi connectivity index (χ2n) is 4.22. The Morgan fingerprint density at radius 1 is 1.27 bits per heavy atom. The number of halogens is 3. The Morgan fingerprint density at radius 3 is 2.64 bits per heavy atom. The molecule has 0 amide bonds. The Balaban J connectivity index is 2.25. The second-order valence-corrected chi connectivity index (χ2v) is 5.47. The van der Waals surface area contributed by atoms with Gasteiger partial charge in [-0.25, -0.2) is 4.98 Å². The van der Waals surface area contributed by atoms with Crippen molar-refractivity contribution in [1.29, 1.82) is 0 Å². The first-order valence-corrected chi connectivity index (χ1v) is 7.07. The van der Waals surface area contributed by atoms with Gasteiger partial charge in [0.05, 0.1) is 20.7 Å². The number of nitro benzene ring substituents is 1. The molecular weight excluding hydrogens is 351 g/mol. The smallest absolute Gasteiger partial charge is 0.260 e. The van der Waals surface area contributed by atoms with Crippen LogP contribution in [0.3, 0.4) is 0 Å². The van der Waals surface area contributed by atoms with E-state index in [-0.39, 0.29) is 10.7 Å². The summed E-state index contributed by atoms with van der Waals surface area (Å²) < 4.78 is 0. The van der Waals surface area contributed by atoms with Gasteiger partial charge in [-0.3, -0.25) is 15.5 Å². The third kappa shape index (κ3) is 3.85. The van der Waals surface area contributed by atoms with Crippen molar-refractivity contribution >= 4 is 52.0 Å². The van der Waals surface area contributed by atoms with E-state index in [0.717, 1.165) is 0 Å². The molecule has 0 saturated heterocycles. The van der Waals surface area contributed by atoms with Gasteiger partial charge in [0.15, 0.2) is 5.82 Å². The SMILES string of the molecule is C/C(=N/Nc1ncc(Cl)cc1Cl)c1ccc(Cl)c([N+](=O)[O-])c1. The van der Waals surface area contributed by atoms with Crippen LogP contribution in [-0.4, -0.2) is 15.6 Å². The van der Waals surface area contributed by atoms with Crippen molar-refractivity contribution in [2.45, 2.75) is 6.92 Å². The summed E-state index contributed by atoms with van der Waals surface area (Å²) in [5, 5.41) is 15.8. The number of hydrogen-bond acceptors (Lipinski definition) is 5. The maximum Gasteiger partial charge on any atom is 0.288 e. The molecule has 1 heterocycles. The fourth-order valence-corrected chi connectivity index (χ4v) is 2.18. The van der Waals surface area contributed by atoms with Crippen LogP contribution < -0.4 is 5.43 Å². The van der Waals surface area contributed by atoms with Gasteiger partial charge in [-0.05, 0) is 19.1 Å². The number of aromatic nitrogens is 1. The number of pyridine rings is 1. The Bertz CT molecular complexity index is 765. The van der Waals surface area contributed by atoms with Gasteiger partial charge in [0.1, 0.15) is 5.02 Å². The van der Waals surface area contributed by atoms with Crippen LogP contribution in [-0.2, 0) is 0 Å². The van der Waals surface area contributed by atoms with Gasteiger partial charge < -0.3 is 0 Å². The molecule has 6 nitrogen and oxygen atoms in total. The van der Waals surface area contributed by atoms with E-state index in [4.69, 9.17) is 34.8 Å². The summed E-state index contributed by atoms with van der Waals surface area (Å²) in [5.74, 6) is 0.328. The average molecular weight is 360 g/mol. The summed E-state index contributed by atoms with van der Waals surface area (Å²) in [6.07, 6.45) is 1.42. The molecule has 22 heavy (non-hydrogen) atoms. The lowest BCUT2D eigenvalue weighted by atomic mass is 10.1. The van der Waals surface area contributed by atoms with E-state index in [9.17, 15) is 10.1 Å². The highest BCUT2D eigenvalue weighted by Gasteiger charge is 2.13. The maximum absolute atomic E-state index is 10.9. The molecule has 0 aliphatic rings. The molecule has 0 aliphatic carbocycles. The first-order valence-electron chi connectivity index (χ1n) is 5.94. The summed E-state index contributed by atoms with van der Waals surface area (Å²) in [7, 11) is 0. The lowest BCUT2D eigenvalue weighted by Gasteiger charge is -2.05. The standard InChI is InChI=1S/C13H9Cl3N4O2/c1-7(8-2-3-10(15)12(4-8)20(21)22)18-19-13-11(16)5-9(14)6-17-13/h2-6H,1H3,(H,17,19)/b18-7-. The average Bonchev–Trinajstić information content (AvgIpc) is 2.46. The molecule has 0 aliphatic heterocycles. The van der Waals surface area contributed by atoms with Gasteiger partial charge in [0.2, 0.25) is 0 Å². The number of benzene rings is 1. The number of nitro groups is 1. The van der Waals surface area contributed by atoms with E-state index in [2.05, 4.69) is 15.5 Å². The predicted molar refractivity (Wildman–Crippen MR) is 88.2 cm³/mol. The minimum Gasteiger partial charge on any atom is -0.260 e. The first-order chi connectivity index (χ1) is 10.4. The number of rotatable bonds is 4. The molecule has 0 spiro atoms. The van der Waals surface area contributed by atoms with Gasteiger partial charge in [-0.1, -0.05) is 40.9 Å². The fraction of sp³-hybridized carbons (Fsp3) is 0.0769. The molecule has 0 unspecified atom stereocenters. The number of hydrazone groups is 1. The highest BCUT2D eigenvalue weighted by Crippen LogP contribution is 2.26. The zero-order valence-electron chi connectivity index (χ0n) is 11.2. The molecule has 0 bridgehead atoms. The Labute approximate surface area is 140 Å². The molecule has 9 heteroatoms. The molecule has 0 saturated carbocycles. The largest absolute Gasteiger partial charge is 0.288 e. The van der Waals surface area contributed by atoms with Gasteiger partial charge in [0.25, 0.3) is 5.69 Å². The van der Waals surface area contributed by atoms with Crippen LogP contribution >= 0.6 is 34.8 Å². The van der Waals surface area contributed by atoms with Crippen LogP contribution in [0.5, 0.6) is 0 Å². The number of hydrogen-bond donors (Lipinski definition) is 1. The lowest BCUT2D eigenvalue weighted by molar-refractivity contribution is -0.384. The van der Waals surface area contributed by atoms with Crippen molar-refractivity contribution in [2.75, 3.05) is 5.43 Å². The fourth-order valence-electron chi connectivity index (χ4n) is 1.58. The normalized spacial score (nSPS) is 11.4. The third-order valence-corrected chi connectivity index (χ3v) is 3.51. The molecule has 0 atom stereocenters. The number of anilines is 1. The molecule has 1 aromatic heterocycles. The van der Waals surface area contributed by atoms with Crippen molar-refractivity contribution in [3.63, 3.8) is 0 Å². The molecule has 114 valence electrons. The summed E-state index contributed by atoms with van der Waals surface area (Å²) in [4.78, 5) is 14.3. The van der Waals surface area contributed by atoms with Crippen LogP contribution in [0.4, 0.5) is 11.5 Å². The van der Waals surface area contributed by atoms with E-state index >= 15 is 0 Å². The quantitative estimate of drug-likeness (QED) is 0.483. The van der Waals surface area contributed by atoms with E-state index in [0.29, 0.717) is 27.1 Å². The van der Waals surface area contributed by atoms with Crippen LogP contribution in [0.1, 0.15) is 12.5 Å². The highest BCUT2D eigenvalue weighted by atomic mass is 35.5. The molecular formula is C13H9Cl3N4O2. The first kappa shape index (κ1) is 16.5. The van der Waals surface area contributed by atoms with E-state index < -0.39 is 4.92 Å². The van der Waals surface area contributed by atoms with Crippen LogP contribution in [0.15, 0.2) is 35.6 Å². The predicted octanol–water partition coefficient (Wildman–Crippen LogP) is 4.79. The Kier molecular flexibility index (Phi) is 5.18. The molecule has 2 aromatic rings. The molecule has 0 fully saturated rings. The van der Waals surface area contributed by atoms with Crippen molar-refractivity contribution in [3.05, 3.63) is 61.2 Å². The third-order valence-electron chi connectivity index (χ3n) is 2.70. The van der Waals surface area contributed by atoms with Crippen molar-refractivity contribution in [2.24, 2.45) is 5.10 Å². The Hall–Kier alpha value is -1.89. The van der Waals surface area contributed by atoms with Crippen LogP contribution in [0.2, 0.25) is 15.1 Å². The zero-order valence-corrected chi connectivity index (χ0v) is 13.4. The van der Waals surface area contributed by atoms with E-state index in [1.807, 2.05) is 0 Å². The molecule has 2 rings (SSSR count). The second kappa shape index (κ2) is 6.91. The van der Waals surface area contributed by atoms with Crippen molar-refractivity contribution < 1.29 is 4.92 Å². The highest BCUT2D eigenvalue weighted by molar-refractivity contribution is 6.36. The summed E-state index contributed by atoms with van der Waals surface area (Å²) in [6.45, 7) is 1.68. The zero-order chi connectivity index (χ0) is 16.3. The summed E-state index contributed by atoms with van der Waals surface area (Å²) in [6, 6.07) is 5.95. The van der Waals surface area contributed by atoms with Crippen molar-refractivity contribution in [3.8, 4) is 0 Å². The number of nitrogens with zero attached hydrogens (tertiary/aromatic N) is 3. The Morgan fingerprint density at radius 2 is 2.00 bits per heavy atom. The van der Waals surface area contributed by atoms with Crippen LogP contribution in [0.25, 0.3) is 0 Å². The van der Waals surface area contributed by atoms with Gasteiger partial charge in [-0.15, -0.1) is 0 Å². The minimum atomic E-state index is -0.551. The topological polar surface area (TPSA) is 80.4 Å². The van der Waals surface area contributed by atoms with Crippen LogP contribution in [0, 0.1) is 10.1 Å². The maximum atomic E-state index is 10.9. The monoisotopic (exact) mass is 358 g/mol. The number of nitrogens with one attached hydrogen (secondary N) is 1. The van der Waals surface area contributed by atoms with E-state index in [1.54, 1.807) is 13.0 Å². The van der Waals surface area contributed by atoms with Crippen molar-refractivity contribution in [1.82, 2.24) is 4.98 Å². The molecule has 1 N–H and O–H groups in total. The minimum absolute atomic E-state index is 0.0666. The lowest BCUT2D eigenvalue weighted by Crippen LogP contribution is -2.02. The van der Waals surface area contributed by atoms with E-state index in [1.165, 1.54) is 24.4 Å². The van der Waals surface area contributed by atoms with Gasteiger partial charge in [-0.2, -0.15) is 5.10 Å². The summed E-state index contributed by atoms with van der Waals surface area (Å²) in [5.41, 5.74) is 3.56. The molecule has 0 radical (unpaired) electrons.